The summed E-state index contributed by atoms with van der Waals surface area (Å²) < 4.78 is 16.6. The quantitative estimate of drug-likeness (QED) is 0.468. The maximum Gasteiger partial charge on any atom is 0.232 e. The van der Waals surface area contributed by atoms with Crippen LogP contribution in [0.2, 0.25) is 0 Å². The Balaban J connectivity index is 1.63. The van der Waals surface area contributed by atoms with E-state index in [9.17, 15) is 4.39 Å². The average Bonchev–Trinajstić information content (AvgIpc) is 3.39. The van der Waals surface area contributed by atoms with Gasteiger partial charge in [0.15, 0.2) is 0 Å². The van der Waals surface area contributed by atoms with E-state index in [2.05, 4.69) is 56.3 Å². The van der Waals surface area contributed by atoms with E-state index < -0.39 is 0 Å². The number of anilines is 1. The van der Waals surface area contributed by atoms with Crippen molar-refractivity contribution in [1.29, 1.82) is 0 Å². The molecular weight excluding hydrogens is 387 g/mol. The molecule has 1 fully saturated rings. The average molecular weight is 406 g/mol. The van der Waals surface area contributed by atoms with E-state index in [-0.39, 0.29) is 5.82 Å². The van der Waals surface area contributed by atoms with Crippen LogP contribution in [0.4, 0.5) is 10.3 Å². The Morgan fingerprint density at radius 3 is 2.55 bits per heavy atom. The zero-order valence-electron chi connectivity index (χ0n) is 15.9. The fourth-order valence-electron chi connectivity index (χ4n) is 3.57. The number of benzene rings is 2. The Morgan fingerprint density at radius 2 is 1.76 bits per heavy atom. The predicted molar refractivity (Wildman–Crippen MR) is 111 cm³/mol. The van der Waals surface area contributed by atoms with E-state index in [4.69, 9.17) is 0 Å². The van der Waals surface area contributed by atoms with E-state index in [0.717, 1.165) is 37.6 Å². The third-order valence-electron chi connectivity index (χ3n) is 5.06. The predicted octanol–water partition coefficient (Wildman–Crippen LogP) is 4.41. The van der Waals surface area contributed by atoms with Gasteiger partial charge in [-0.3, -0.25) is 4.57 Å². The maximum absolute atomic E-state index is 14.5. The summed E-state index contributed by atoms with van der Waals surface area (Å²) in [7, 11) is 0. The Kier molecular flexibility index (Phi) is 4.63. The van der Waals surface area contributed by atoms with Crippen LogP contribution in [0.1, 0.15) is 18.4 Å². The Morgan fingerprint density at radius 1 is 0.966 bits per heavy atom. The highest BCUT2D eigenvalue weighted by atomic mass is 32.2. The molecule has 1 saturated heterocycles. The van der Waals surface area contributed by atoms with Gasteiger partial charge >= 0.3 is 0 Å². The van der Waals surface area contributed by atoms with Gasteiger partial charge < -0.3 is 4.90 Å². The van der Waals surface area contributed by atoms with Crippen molar-refractivity contribution in [2.45, 2.75) is 29.9 Å². The lowest BCUT2D eigenvalue weighted by Gasteiger charge is -2.18. The summed E-state index contributed by atoms with van der Waals surface area (Å²) in [5.41, 5.74) is 2.73. The molecule has 0 amide bonds. The third kappa shape index (κ3) is 3.33. The molecule has 0 atom stereocenters. The molecule has 4 aromatic rings. The second-order valence-corrected chi connectivity index (χ2v) is 8.02. The molecule has 1 aliphatic heterocycles. The van der Waals surface area contributed by atoms with Gasteiger partial charge in [0, 0.05) is 13.1 Å². The summed E-state index contributed by atoms with van der Waals surface area (Å²) >= 11 is 1.31. The molecule has 8 heteroatoms. The zero-order chi connectivity index (χ0) is 19.8. The molecule has 6 nitrogen and oxygen atoms in total. The van der Waals surface area contributed by atoms with Crippen LogP contribution in [0, 0.1) is 12.7 Å². The number of aryl methyl sites for hydroxylation is 1. The number of rotatable bonds is 4. The molecule has 1 aliphatic rings. The van der Waals surface area contributed by atoms with Crippen molar-refractivity contribution < 1.29 is 4.39 Å². The van der Waals surface area contributed by atoms with Gasteiger partial charge in [0.1, 0.15) is 17.2 Å². The standard InChI is InChI=1S/C21H19FN6S/c1-14-7-9-15(10-8-14)28-20(27-11-2-3-12-27)25-26-21(28)29-19-18-16(22)5-4-6-17(18)23-13-24-19/h4-10,13H,2-3,11-12H2,1H3. The lowest BCUT2D eigenvalue weighted by atomic mass is 10.2. The summed E-state index contributed by atoms with van der Waals surface area (Å²) in [4.78, 5) is 10.8. The molecule has 29 heavy (non-hydrogen) atoms. The van der Waals surface area contributed by atoms with Gasteiger partial charge in [-0.25, -0.2) is 14.4 Å². The van der Waals surface area contributed by atoms with Gasteiger partial charge in [-0.15, -0.1) is 10.2 Å². The first-order valence-corrected chi connectivity index (χ1v) is 10.4. The van der Waals surface area contributed by atoms with Crippen LogP contribution >= 0.6 is 11.8 Å². The van der Waals surface area contributed by atoms with Gasteiger partial charge in [0.05, 0.1) is 16.6 Å². The minimum absolute atomic E-state index is 0.341. The number of nitrogens with zero attached hydrogens (tertiary/aromatic N) is 6. The van der Waals surface area contributed by atoms with Gasteiger partial charge in [0.2, 0.25) is 11.1 Å². The van der Waals surface area contributed by atoms with Crippen molar-refractivity contribution in [3.8, 4) is 5.69 Å². The van der Waals surface area contributed by atoms with Gasteiger partial charge in [-0.05, 0) is 55.8 Å². The van der Waals surface area contributed by atoms with Gasteiger partial charge in [-0.1, -0.05) is 23.8 Å². The van der Waals surface area contributed by atoms with Crippen LogP contribution in [0.5, 0.6) is 0 Å². The molecule has 0 spiro atoms. The molecule has 146 valence electrons. The second-order valence-electron chi connectivity index (χ2n) is 7.06. The lowest BCUT2D eigenvalue weighted by molar-refractivity contribution is 0.636. The first-order chi connectivity index (χ1) is 14.2. The van der Waals surface area contributed by atoms with Crippen molar-refractivity contribution in [3.05, 3.63) is 60.2 Å². The minimum atomic E-state index is -0.341. The lowest BCUT2D eigenvalue weighted by Crippen LogP contribution is -2.22. The number of halogens is 1. The Bertz CT molecular complexity index is 1160. The summed E-state index contributed by atoms with van der Waals surface area (Å²) in [5, 5.41) is 10.5. The number of hydrogen-bond donors (Lipinski definition) is 0. The summed E-state index contributed by atoms with van der Waals surface area (Å²) in [6, 6.07) is 13.1. The number of fused-ring (bicyclic) bond motifs is 1. The van der Waals surface area contributed by atoms with Crippen LogP contribution in [0.25, 0.3) is 16.6 Å². The molecule has 0 N–H and O–H groups in total. The third-order valence-corrected chi connectivity index (χ3v) is 6.01. The largest absolute Gasteiger partial charge is 0.341 e. The van der Waals surface area contributed by atoms with Gasteiger partial charge in [-0.2, -0.15) is 0 Å². The molecule has 2 aromatic heterocycles. The summed E-state index contributed by atoms with van der Waals surface area (Å²) in [6.07, 6.45) is 3.74. The van der Waals surface area contributed by atoms with Crippen LogP contribution in [-0.2, 0) is 0 Å². The molecule has 5 rings (SSSR count). The van der Waals surface area contributed by atoms with Crippen molar-refractivity contribution in [2.24, 2.45) is 0 Å². The highest BCUT2D eigenvalue weighted by Crippen LogP contribution is 2.35. The van der Waals surface area contributed by atoms with Crippen molar-refractivity contribution in [2.75, 3.05) is 18.0 Å². The Labute approximate surface area is 171 Å². The highest BCUT2D eigenvalue weighted by Gasteiger charge is 2.24. The molecule has 0 unspecified atom stereocenters. The number of aromatic nitrogens is 5. The van der Waals surface area contributed by atoms with Crippen LogP contribution in [0.3, 0.4) is 0 Å². The molecule has 3 heterocycles. The van der Waals surface area contributed by atoms with Crippen LogP contribution in [-0.4, -0.2) is 37.8 Å². The number of hydrogen-bond acceptors (Lipinski definition) is 6. The Hall–Kier alpha value is -3.00. The molecule has 0 bridgehead atoms. The maximum atomic E-state index is 14.5. The van der Waals surface area contributed by atoms with Crippen molar-refractivity contribution in [1.82, 2.24) is 24.7 Å². The smallest absolute Gasteiger partial charge is 0.232 e. The van der Waals surface area contributed by atoms with E-state index in [1.807, 2.05) is 4.57 Å². The summed E-state index contributed by atoms with van der Waals surface area (Å²) in [5.74, 6) is 0.472. The molecule has 2 aromatic carbocycles. The fourth-order valence-corrected chi connectivity index (χ4v) is 4.51. The molecule has 0 aliphatic carbocycles. The fraction of sp³-hybridized carbons (Fsp3) is 0.238. The van der Waals surface area contributed by atoms with E-state index in [1.165, 1.54) is 29.7 Å². The molecule has 0 saturated carbocycles. The first kappa shape index (κ1) is 18.1. The van der Waals surface area contributed by atoms with Gasteiger partial charge in [0.25, 0.3) is 0 Å². The van der Waals surface area contributed by atoms with Crippen LogP contribution in [0.15, 0.2) is 59.0 Å². The normalized spacial score (nSPS) is 14.1. The van der Waals surface area contributed by atoms with E-state index in [0.29, 0.717) is 21.1 Å². The van der Waals surface area contributed by atoms with E-state index in [1.54, 1.807) is 12.1 Å². The van der Waals surface area contributed by atoms with Crippen molar-refractivity contribution >= 4 is 28.6 Å². The second kappa shape index (κ2) is 7.44. The monoisotopic (exact) mass is 406 g/mol. The summed E-state index contributed by atoms with van der Waals surface area (Å²) in [6.45, 7) is 3.97. The van der Waals surface area contributed by atoms with Crippen LogP contribution < -0.4 is 4.90 Å². The molecule has 0 radical (unpaired) electrons. The zero-order valence-corrected chi connectivity index (χ0v) is 16.7. The van der Waals surface area contributed by atoms with E-state index >= 15 is 0 Å². The first-order valence-electron chi connectivity index (χ1n) is 9.55. The SMILES string of the molecule is Cc1ccc(-n2c(Sc3ncnc4cccc(F)c34)nnc2N2CCCC2)cc1. The highest BCUT2D eigenvalue weighted by molar-refractivity contribution is 7.99. The molecular formula is C21H19FN6S. The minimum Gasteiger partial charge on any atom is -0.341 e. The topological polar surface area (TPSA) is 59.7 Å². The van der Waals surface area contributed by atoms with Crippen molar-refractivity contribution in [3.63, 3.8) is 0 Å².